The van der Waals surface area contributed by atoms with Crippen LogP contribution in [-0.4, -0.2) is 52.0 Å². The summed E-state index contributed by atoms with van der Waals surface area (Å²) in [6.45, 7) is 4.35. The van der Waals surface area contributed by atoms with E-state index >= 15 is 0 Å². The molecule has 0 aliphatic carbocycles. The summed E-state index contributed by atoms with van der Waals surface area (Å²) in [6.07, 6.45) is 1.75. The van der Waals surface area contributed by atoms with E-state index in [-0.39, 0.29) is 5.91 Å². The average Bonchev–Trinajstić information content (AvgIpc) is 3.22. The zero-order valence-electron chi connectivity index (χ0n) is 12.4. The van der Waals surface area contributed by atoms with Gasteiger partial charge in [-0.3, -0.25) is 4.79 Å². The average molecular weight is 297 g/mol. The van der Waals surface area contributed by atoms with Crippen molar-refractivity contribution in [2.24, 2.45) is 11.8 Å². The van der Waals surface area contributed by atoms with E-state index in [1.165, 1.54) is 0 Å². The molecule has 0 unspecified atom stereocenters. The largest absolute Gasteiger partial charge is 0.337 e. The predicted molar refractivity (Wildman–Crippen MR) is 81.3 cm³/mol. The van der Waals surface area contributed by atoms with Gasteiger partial charge < -0.3 is 10.2 Å². The molecule has 6 heteroatoms. The minimum atomic E-state index is 0.00807. The summed E-state index contributed by atoms with van der Waals surface area (Å²) in [5.41, 5.74) is 1.59. The first-order valence-electron chi connectivity index (χ1n) is 7.73. The number of carbonyl (C=O) groups excluding carboxylic acids is 1. The van der Waals surface area contributed by atoms with Crippen molar-refractivity contribution in [3.63, 3.8) is 0 Å². The van der Waals surface area contributed by atoms with Gasteiger partial charge in [-0.1, -0.05) is 35.5 Å². The van der Waals surface area contributed by atoms with Gasteiger partial charge in [0.2, 0.25) is 0 Å². The Balaban J connectivity index is 1.44. The maximum atomic E-state index is 12.5. The van der Waals surface area contributed by atoms with Crippen LogP contribution in [0, 0.1) is 11.8 Å². The van der Waals surface area contributed by atoms with Crippen LogP contribution in [0.3, 0.4) is 0 Å². The number of fused-ring (bicyclic) bond motifs is 1. The summed E-state index contributed by atoms with van der Waals surface area (Å²) < 4.78 is 1.72. The van der Waals surface area contributed by atoms with Crippen LogP contribution in [0.5, 0.6) is 0 Å². The van der Waals surface area contributed by atoms with Gasteiger partial charge in [-0.05, 0) is 17.4 Å². The third-order valence-corrected chi connectivity index (χ3v) is 4.62. The second-order valence-corrected chi connectivity index (χ2v) is 6.18. The number of aromatic nitrogens is 3. The van der Waals surface area contributed by atoms with Gasteiger partial charge in [-0.2, -0.15) is 0 Å². The third kappa shape index (κ3) is 2.50. The van der Waals surface area contributed by atoms with Gasteiger partial charge in [-0.15, -0.1) is 5.10 Å². The molecule has 2 atom stereocenters. The molecule has 2 fully saturated rings. The fraction of sp³-hybridized carbons (Fsp3) is 0.438. The number of amides is 1. The summed E-state index contributed by atoms with van der Waals surface area (Å²) >= 11 is 0. The lowest BCUT2D eigenvalue weighted by atomic mass is 10.0. The van der Waals surface area contributed by atoms with Gasteiger partial charge in [0.05, 0.1) is 12.7 Å². The highest BCUT2D eigenvalue weighted by Crippen LogP contribution is 2.27. The molecule has 0 bridgehead atoms. The van der Waals surface area contributed by atoms with Crippen molar-refractivity contribution in [2.75, 3.05) is 26.2 Å². The quantitative estimate of drug-likeness (QED) is 0.902. The minimum absolute atomic E-state index is 0.00807. The number of nitrogens with one attached hydrogen (secondary N) is 1. The monoisotopic (exact) mass is 297 g/mol. The first-order chi connectivity index (χ1) is 10.8. The van der Waals surface area contributed by atoms with Crippen LogP contribution in [0.2, 0.25) is 0 Å². The van der Waals surface area contributed by atoms with Crippen molar-refractivity contribution >= 4 is 5.91 Å². The maximum Gasteiger partial charge on any atom is 0.276 e. The predicted octanol–water partition coefficient (Wildman–Crippen LogP) is 0.618. The lowest BCUT2D eigenvalue weighted by Crippen LogP contribution is -2.32. The molecule has 1 N–H and O–H groups in total. The number of carbonyl (C=O) groups is 1. The van der Waals surface area contributed by atoms with Crippen molar-refractivity contribution in [3.8, 4) is 0 Å². The summed E-state index contributed by atoms with van der Waals surface area (Å²) in [4.78, 5) is 14.5. The van der Waals surface area contributed by atoms with Crippen LogP contribution in [0.15, 0.2) is 36.5 Å². The second kappa shape index (κ2) is 5.53. The Morgan fingerprint density at radius 1 is 1.18 bits per heavy atom. The number of nitrogens with zero attached hydrogens (tertiary/aromatic N) is 4. The van der Waals surface area contributed by atoms with Crippen molar-refractivity contribution < 1.29 is 4.79 Å². The van der Waals surface area contributed by atoms with Gasteiger partial charge in [0.1, 0.15) is 0 Å². The first kappa shape index (κ1) is 13.5. The molecule has 1 amide bonds. The van der Waals surface area contributed by atoms with E-state index < -0.39 is 0 Å². The Morgan fingerprint density at radius 2 is 1.91 bits per heavy atom. The minimum Gasteiger partial charge on any atom is -0.337 e. The second-order valence-electron chi connectivity index (χ2n) is 6.18. The van der Waals surface area contributed by atoms with Gasteiger partial charge >= 0.3 is 0 Å². The summed E-state index contributed by atoms with van der Waals surface area (Å²) in [6, 6.07) is 10.1. The molecule has 2 saturated heterocycles. The third-order valence-electron chi connectivity index (χ3n) is 4.62. The highest BCUT2D eigenvalue weighted by Gasteiger charge is 2.38. The smallest absolute Gasteiger partial charge is 0.276 e. The molecule has 2 aromatic rings. The van der Waals surface area contributed by atoms with Crippen LogP contribution < -0.4 is 5.32 Å². The molecule has 2 aliphatic heterocycles. The van der Waals surface area contributed by atoms with Gasteiger partial charge in [0.15, 0.2) is 5.69 Å². The fourth-order valence-electron chi connectivity index (χ4n) is 3.43. The molecule has 4 rings (SSSR count). The van der Waals surface area contributed by atoms with Crippen molar-refractivity contribution in [2.45, 2.75) is 6.54 Å². The Hall–Kier alpha value is -2.21. The van der Waals surface area contributed by atoms with Crippen molar-refractivity contribution in [3.05, 3.63) is 47.8 Å². The van der Waals surface area contributed by atoms with E-state index in [9.17, 15) is 4.79 Å². The number of hydrogen-bond donors (Lipinski definition) is 1. The molecule has 0 saturated carbocycles. The Kier molecular flexibility index (Phi) is 3.38. The summed E-state index contributed by atoms with van der Waals surface area (Å²) in [5, 5.41) is 11.5. The van der Waals surface area contributed by atoms with E-state index in [1.807, 2.05) is 35.2 Å². The molecule has 3 heterocycles. The molecule has 6 nitrogen and oxygen atoms in total. The van der Waals surface area contributed by atoms with Crippen molar-refractivity contribution in [1.29, 1.82) is 0 Å². The normalized spacial score (nSPS) is 23.7. The Bertz CT molecular complexity index is 656. The maximum absolute atomic E-state index is 12.5. The van der Waals surface area contributed by atoms with Crippen LogP contribution >= 0.6 is 0 Å². The molecule has 2 aliphatic rings. The van der Waals surface area contributed by atoms with Gasteiger partial charge in [0, 0.05) is 26.2 Å². The fourth-order valence-corrected chi connectivity index (χ4v) is 3.43. The highest BCUT2D eigenvalue weighted by atomic mass is 16.2. The van der Waals surface area contributed by atoms with E-state index in [1.54, 1.807) is 10.9 Å². The van der Waals surface area contributed by atoms with Crippen LogP contribution in [0.4, 0.5) is 0 Å². The summed E-state index contributed by atoms with van der Waals surface area (Å²) in [7, 11) is 0. The molecule has 114 valence electrons. The number of benzene rings is 1. The van der Waals surface area contributed by atoms with E-state index in [0.717, 1.165) is 31.7 Å². The molecule has 0 spiro atoms. The zero-order valence-corrected chi connectivity index (χ0v) is 12.4. The first-order valence-corrected chi connectivity index (χ1v) is 7.73. The Labute approximate surface area is 129 Å². The summed E-state index contributed by atoms with van der Waals surface area (Å²) in [5.74, 6) is 1.21. The number of rotatable bonds is 3. The molecular formula is C16H19N5O. The lowest BCUT2D eigenvalue weighted by Gasteiger charge is -2.15. The van der Waals surface area contributed by atoms with E-state index in [0.29, 0.717) is 24.1 Å². The lowest BCUT2D eigenvalue weighted by molar-refractivity contribution is 0.0775. The molecule has 1 aromatic carbocycles. The zero-order chi connectivity index (χ0) is 14.9. The topological polar surface area (TPSA) is 63.1 Å². The standard InChI is InChI=1S/C16H19N5O/c22-16(20-9-13-6-17-7-14(13)10-20)15-11-21(19-18-15)8-12-4-2-1-3-5-12/h1-5,11,13-14,17H,6-10H2/t13-,14+. The SMILES string of the molecule is O=C(c1cn(Cc2ccccc2)nn1)N1C[C@H]2CNC[C@H]2C1. The number of hydrogen-bond acceptors (Lipinski definition) is 4. The van der Waals surface area contributed by atoms with Crippen LogP contribution in [0.25, 0.3) is 0 Å². The molecule has 0 radical (unpaired) electrons. The van der Waals surface area contributed by atoms with Gasteiger partial charge in [-0.25, -0.2) is 4.68 Å². The molecular weight excluding hydrogens is 278 g/mol. The number of likely N-dealkylation sites (tertiary alicyclic amines) is 1. The Morgan fingerprint density at radius 3 is 2.64 bits per heavy atom. The molecule has 1 aromatic heterocycles. The van der Waals surface area contributed by atoms with E-state index in [4.69, 9.17) is 0 Å². The van der Waals surface area contributed by atoms with Crippen LogP contribution in [0.1, 0.15) is 16.1 Å². The van der Waals surface area contributed by atoms with Crippen molar-refractivity contribution in [1.82, 2.24) is 25.2 Å². The van der Waals surface area contributed by atoms with Gasteiger partial charge in [0.25, 0.3) is 5.91 Å². The van der Waals surface area contributed by atoms with E-state index in [2.05, 4.69) is 15.6 Å². The molecule has 22 heavy (non-hydrogen) atoms. The van der Waals surface area contributed by atoms with Crippen LogP contribution in [-0.2, 0) is 6.54 Å². The highest BCUT2D eigenvalue weighted by molar-refractivity contribution is 5.92.